The van der Waals surface area contributed by atoms with Crippen molar-refractivity contribution in [2.75, 3.05) is 6.54 Å². The molecule has 0 aliphatic carbocycles. The molecular formula is C16H25NO. The summed E-state index contributed by atoms with van der Waals surface area (Å²) in [6.07, 6.45) is 2.25. The van der Waals surface area contributed by atoms with Crippen molar-refractivity contribution in [2.45, 2.75) is 52.2 Å². The van der Waals surface area contributed by atoms with Gasteiger partial charge in [0.2, 0.25) is 0 Å². The zero-order valence-electron chi connectivity index (χ0n) is 12.0. The third-order valence-electron chi connectivity index (χ3n) is 3.79. The highest BCUT2D eigenvalue weighted by Crippen LogP contribution is 2.39. The van der Waals surface area contributed by atoms with E-state index in [2.05, 4.69) is 51.2 Å². The molecule has 1 aliphatic heterocycles. The van der Waals surface area contributed by atoms with Gasteiger partial charge in [-0.15, -0.1) is 0 Å². The maximum absolute atomic E-state index is 6.04. The van der Waals surface area contributed by atoms with Gasteiger partial charge in [-0.25, -0.2) is 0 Å². The average Bonchev–Trinajstić information content (AvgIpc) is 2.34. The summed E-state index contributed by atoms with van der Waals surface area (Å²) in [5.74, 6) is 1.76. The second-order valence-corrected chi connectivity index (χ2v) is 6.08. The first-order valence-corrected chi connectivity index (χ1v) is 7.03. The Bertz CT molecular complexity index is 400. The maximum Gasteiger partial charge on any atom is 0.124 e. The highest BCUT2D eigenvalue weighted by Gasteiger charge is 2.33. The zero-order chi connectivity index (χ0) is 13.2. The van der Waals surface area contributed by atoms with Crippen LogP contribution in [0.5, 0.6) is 5.75 Å². The van der Waals surface area contributed by atoms with Gasteiger partial charge in [0.25, 0.3) is 0 Å². The number of nitrogens with one attached hydrogen (secondary N) is 1. The summed E-state index contributed by atoms with van der Waals surface area (Å²) < 4.78 is 6.04. The molecule has 100 valence electrons. The Morgan fingerprint density at radius 1 is 1.39 bits per heavy atom. The lowest BCUT2D eigenvalue weighted by molar-refractivity contribution is 0.0653. The van der Waals surface area contributed by atoms with Crippen molar-refractivity contribution in [3.63, 3.8) is 0 Å². The number of para-hydroxylation sites is 1. The lowest BCUT2D eigenvalue weighted by atomic mass is 9.89. The molecule has 2 nitrogen and oxygen atoms in total. The Morgan fingerprint density at radius 2 is 2.11 bits per heavy atom. The third-order valence-corrected chi connectivity index (χ3v) is 3.79. The highest BCUT2D eigenvalue weighted by molar-refractivity contribution is 5.38. The van der Waals surface area contributed by atoms with Crippen LogP contribution in [0.3, 0.4) is 0 Å². The molecule has 18 heavy (non-hydrogen) atoms. The third kappa shape index (κ3) is 3.05. The summed E-state index contributed by atoms with van der Waals surface area (Å²) in [6, 6.07) is 8.82. The molecule has 0 spiro atoms. The van der Waals surface area contributed by atoms with Crippen LogP contribution >= 0.6 is 0 Å². The molecule has 2 rings (SSSR count). The van der Waals surface area contributed by atoms with E-state index in [1.54, 1.807) is 0 Å². The van der Waals surface area contributed by atoms with Gasteiger partial charge < -0.3 is 10.1 Å². The van der Waals surface area contributed by atoms with Crippen LogP contribution in [0.4, 0.5) is 0 Å². The van der Waals surface area contributed by atoms with Gasteiger partial charge in [-0.1, -0.05) is 38.5 Å². The summed E-state index contributed by atoms with van der Waals surface area (Å²) in [6.45, 7) is 9.95. The minimum absolute atomic E-state index is 0.0819. The van der Waals surface area contributed by atoms with Crippen LogP contribution in [-0.2, 0) is 0 Å². The minimum atomic E-state index is -0.0819. The molecule has 0 amide bonds. The van der Waals surface area contributed by atoms with E-state index >= 15 is 0 Å². The molecule has 1 aromatic carbocycles. The van der Waals surface area contributed by atoms with Crippen molar-refractivity contribution in [3.05, 3.63) is 29.8 Å². The fourth-order valence-corrected chi connectivity index (χ4v) is 2.47. The van der Waals surface area contributed by atoms with Crippen LogP contribution in [-0.4, -0.2) is 12.1 Å². The number of benzene rings is 1. The molecule has 0 saturated heterocycles. The van der Waals surface area contributed by atoms with Gasteiger partial charge in [-0.3, -0.25) is 0 Å². The molecule has 1 aromatic rings. The highest BCUT2D eigenvalue weighted by atomic mass is 16.5. The molecule has 2 heteroatoms. The first-order valence-electron chi connectivity index (χ1n) is 7.03. The predicted molar refractivity (Wildman–Crippen MR) is 76.0 cm³/mol. The summed E-state index contributed by atoms with van der Waals surface area (Å²) in [5, 5.41) is 3.70. The topological polar surface area (TPSA) is 21.3 Å². The van der Waals surface area contributed by atoms with Crippen LogP contribution in [0.15, 0.2) is 24.3 Å². The second-order valence-electron chi connectivity index (χ2n) is 6.08. The van der Waals surface area contributed by atoms with Crippen LogP contribution in [0.1, 0.15) is 52.1 Å². The number of fused-ring (bicyclic) bond motifs is 1. The largest absolute Gasteiger partial charge is 0.487 e. The quantitative estimate of drug-likeness (QED) is 0.870. The Hall–Kier alpha value is -1.02. The lowest BCUT2D eigenvalue weighted by Gasteiger charge is -2.38. The van der Waals surface area contributed by atoms with E-state index in [-0.39, 0.29) is 5.60 Å². The molecule has 1 aliphatic rings. The average molecular weight is 247 g/mol. The number of hydrogen-bond acceptors (Lipinski definition) is 2. The van der Waals surface area contributed by atoms with Crippen molar-refractivity contribution >= 4 is 0 Å². The van der Waals surface area contributed by atoms with Gasteiger partial charge >= 0.3 is 0 Å². The Kier molecular flexibility index (Phi) is 3.96. The first kappa shape index (κ1) is 13.4. The van der Waals surface area contributed by atoms with Gasteiger partial charge in [-0.2, -0.15) is 0 Å². The van der Waals surface area contributed by atoms with Crippen molar-refractivity contribution in [1.82, 2.24) is 5.32 Å². The molecule has 0 aromatic heterocycles. The number of ether oxygens (including phenoxy) is 1. The van der Waals surface area contributed by atoms with E-state index in [1.165, 1.54) is 12.0 Å². The SMILES string of the molecule is CCC(C)CNC1CC(C)(C)Oc2ccccc21. The second kappa shape index (κ2) is 5.31. The predicted octanol–water partition coefficient (Wildman–Crippen LogP) is 3.92. The van der Waals surface area contributed by atoms with E-state index < -0.39 is 0 Å². The van der Waals surface area contributed by atoms with Crippen molar-refractivity contribution in [1.29, 1.82) is 0 Å². The smallest absolute Gasteiger partial charge is 0.124 e. The molecule has 0 bridgehead atoms. The van der Waals surface area contributed by atoms with Crippen molar-refractivity contribution in [3.8, 4) is 5.75 Å². The molecule has 0 fully saturated rings. The Balaban J connectivity index is 2.14. The molecule has 2 unspecified atom stereocenters. The minimum Gasteiger partial charge on any atom is -0.487 e. The Labute approximate surface area is 111 Å². The summed E-state index contributed by atoms with van der Waals surface area (Å²) in [5.41, 5.74) is 1.22. The maximum atomic E-state index is 6.04. The molecule has 0 saturated carbocycles. The normalized spacial score (nSPS) is 23.0. The van der Waals surface area contributed by atoms with E-state index in [4.69, 9.17) is 4.74 Å². The lowest BCUT2D eigenvalue weighted by Crippen LogP contribution is -2.40. The molecule has 0 radical (unpaired) electrons. The molecular weight excluding hydrogens is 222 g/mol. The van der Waals surface area contributed by atoms with E-state index in [0.717, 1.165) is 24.6 Å². The zero-order valence-corrected chi connectivity index (χ0v) is 12.0. The number of hydrogen-bond donors (Lipinski definition) is 1. The van der Waals surface area contributed by atoms with Gasteiger partial charge in [0, 0.05) is 18.0 Å². The van der Waals surface area contributed by atoms with Gasteiger partial charge in [0.05, 0.1) is 0 Å². The molecule has 1 heterocycles. The van der Waals surface area contributed by atoms with E-state index in [9.17, 15) is 0 Å². The van der Waals surface area contributed by atoms with Crippen molar-refractivity contribution < 1.29 is 4.74 Å². The van der Waals surface area contributed by atoms with E-state index in [0.29, 0.717) is 6.04 Å². The summed E-state index contributed by atoms with van der Waals surface area (Å²) in [4.78, 5) is 0. The van der Waals surface area contributed by atoms with Gasteiger partial charge in [0.1, 0.15) is 11.4 Å². The van der Waals surface area contributed by atoms with Crippen LogP contribution in [0.25, 0.3) is 0 Å². The summed E-state index contributed by atoms with van der Waals surface area (Å²) >= 11 is 0. The van der Waals surface area contributed by atoms with Crippen LogP contribution in [0.2, 0.25) is 0 Å². The first-order chi connectivity index (χ1) is 8.52. The monoisotopic (exact) mass is 247 g/mol. The standard InChI is InChI=1S/C16H25NO/c1-5-12(2)11-17-14-10-16(3,4)18-15-9-7-6-8-13(14)15/h6-9,12,14,17H,5,10-11H2,1-4H3. The van der Waals surface area contributed by atoms with Crippen LogP contribution < -0.4 is 10.1 Å². The summed E-state index contributed by atoms with van der Waals surface area (Å²) in [7, 11) is 0. The number of rotatable bonds is 4. The van der Waals surface area contributed by atoms with Crippen LogP contribution in [0, 0.1) is 5.92 Å². The van der Waals surface area contributed by atoms with Gasteiger partial charge in [0.15, 0.2) is 0 Å². The molecule has 1 N–H and O–H groups in total. The fourth-order valence-electron chi connectivity index (χ4n) is 2.47. The molecule has 2 atom stereocenters. The van der Waals surface area contributed by atoms with Gasteiger partial charge in [-0.05, 0) is 32.4 Å². The van der Waals surface area contributed by atoms with Crippen molar-refractivity contribution in [2.24, 2.45) is 5.92 Å². The van der Waals surface area contributed by atoms with E-state index in [1.807, 2.05) is 6.07 Å². The Morgan fingerprint density at radius 3 is 2.83 bits per heavy atom. The fraction of sp³-hybridized carbons (Fsp3) is 0.625.